The van der Waals surface area contributed by atoms with Crippen molar-refractivity contribution in [2.75, 3.05) is 11.1 Å². The van der Waals surface area contributed by atoms with Crippen LogP contribution in [0.4, 0.5) is 11.9 Å². The second-order valence-corrected chi connectivity index (χ2v) is 4.25. The minimum atomic E-state index is -0.227. The number of aromatic nitrogens is 5. The molecule has 0 unspecified atom stereocenters. The highest BCUT2D eigenvalue weighted by Gasteiger charge is 2.27. The zero-order valence-electron chi connectivity index (χ0n) is 9.56. The number of aliphatic hydroxyl groups excluding tert-OH is 1. The highest BCUT2D eigenvalue weighted by Crippen LogP contribution is 2.22. The fraction of sp³-hybridized carbons (Fsp3) is 0.400. The number of nitrogen functional groups attached to an aromatic ring is 1. The number of rotatable bonds is 3. The average molecular weight is 247 g/mol. The highest BCUT2D eigenvalue weighted by molar-refractivity contribution is 5.36. The quantitative estimate of drug-likeness (QED) is 0.674. The van der Waals surface area contributed by atoms with Crippen LogP contribution in [0.1, 0.15) is 12.8 Å². The number of hydrogen-bond donors (Lipinski definition) is 3. The summed E-state index contributed by atoms with van der Waals surface area (Å²) in [5.74, 6) is 0.988. The molecule has 18 heavy (non-hydrogen) atoms. The van der Waals surface area contributed by atoms with Crippen molar-refractivity contribution >= 4 is 11.9 Å². The van der Waals surface area contributed by atoms with Crippen LogP contribution in [-0.4, -0.2) is 41.8 Å². The molecular formula is C10H13N7O. The van der Waals surface area contributed by atoms with E-state index in [9.17, 15) is 5.11 Å². The molecule has 0 aromatic carbocycles. The van der Waals surface area contributed by atoms with Gasteiger partial charge in [0.2, 0.25) is 17.8 Å². The van der Waals surface area contributed by atoms with Crippen LogP contribution < -0.4 is 11.1 Å². The Balaban J connectivity index is 1.82. The van der Waals surface area contributed by atoms with E-state index in [0.717, 1.165) is 0 Å². The molecule has 0 bridgehead atoms. The third-order valence-electron chi connectivity index (χ3n) is 2.82. The minimum absolute atomic E-state index is 0.149. The topological polar surface area (TPSA) is 115 Å². The second kappa shape index (κ2) is 4.22. The van der Waals surface area contributed by atoms with Crippen LogP contribution in [0.3, 0.4) is 0 Å². The van der Waals surface area contributed by atoms with Gasteiger partial charge < -0.3 is 16.2 Å². The molecule has 1 saturated carbocycles. The fourth-order valence-corrected chi connectivity index (χ4v) is 1.83. The Bertz CT molecular complexity index is 535. The number of hydrogen-bond acceptors (Lipinski definition) is 7. The minimum Gasteiger partial charge on any atom is -0.393 e. The van der Waals surface area contributed by atoms with Crippen LogP contribution in [0, 0.1) is 0 Å². The molecule has 0 aliphatic heterocycles. The van der Waals surface area contributed by atoms with Crippen molar-refractivity contribution in [3.8, 4) is 5.95 Å². The maximum Gasteiger partial charge on any atom is 0.241 e. The van der Waals surface area contributed by atoms with E-state index in [1.165, 1.54) is 0 Å². The summed E-state index contributed by atoms with van der Waals surface area (Å²) >= 11 is 0. The Morgan fingerprint density at radius 2 is 2.17 bits per heavy atom. The van der Waals surface area contributed by atoms with Gasteiger partial charge in [0, 0.05) is 18.4 Å². The van der Waals surface area contributed by atoms with Crippen LogP contribution in [-0.2, 0) is 0 Å². The zero-order chi connectivity index (χ0) is 12.5. The summed E-state index contributed by atoms with van der Waals surface area (Å²) in [7, 11) is 0. The number of aliphatic hydroxyl groups is 1. The van der Waals surface area contributed by atoms with Gasteiger partial charge in [0.1, 0.15) is 6.33 Å². The Morgan fingerprint density at radius 3 is 2.83 bits per heavy atom. The molecule has 8 nitrogen and oxygen atoms in total. The predicted octanol–water partition coefficient (Wildman–Crippen LogP) is -0.425. The van der Waals surface area contributed by atoms with Gasteiger partial charge in [-0.1, -0.05) is 0 Å². The summed E-state index contributed by atoms with van der Waals surface area (Å²) in [6.07, 6.45) is 6.12. The zero-order valence-corrected chi connectivity index (χ0v) is 9.56. The predicted molar refractivity (Wildman–Crippen MR) is 64.0 cm³/mol. The van der Waals surface area contributed by atoms with Gasteiger partial charge in [0.25, 0.3) is 0 Å². The third-order valence-corrected chi connectivity index (χ3v) is 2.82. The summed E-state index contributed by atoms with van der Waals surface area (Å²) in [5.41, 5.74) is 5.64. The average Bonchev–Trinajstić information content (AvgIpc) is 2.79. The molecule has 3 rings (SSSR count). The van der Waals surface area contributed by atoms with Gasteiger partial charge in [-0.05, 0) is 12.8 Å². The lowest BCUT2D eigenvalue weighted by Crippen LogP contribution is -2.39. The molecule has 0 amide bonds. The summed E-state index contributed by atoms with van der Waals surface area (Å²) < 4.78 is 1.65. The van der Waals surface area contributed by atoms with Crippen LogP contribution >= 0.6 is 0 Å². The molecule has 2 heterocycles. The second-order valence-electron chi connectivity index (χ2n) is 4.25. The molecule has 1 aliphatic rings. The van der Waals surface area contributed by atoms with E-state index in [-0.39, 0.29) is 18.1 Å². The van der Waals surface area contributed by atoms with Crippen molar-refractivity contribution in [2.24, 2.45) is 0 Å². The van der Waals surface area contributed by atoms with E-state index in [1.54, 1.807) is 23.3 Å². The Morgan fingerprint density at radius 1 is 1.33 bits per heavy atom. The number of imidazole rings is 1. The Kier molecular flexibility index (Phi) is 2.56. The summed E-state index contributed by atoms with van der Waals surface area (Å²) in [4.78, 5) is 16.2. The molecular weight excluding hydrogens is 234 g/mol. The molecule has 1 fully saturated rings. The Hall–Kier alpha value is -2.22. The smallest absolute Gasteiger partial charge is 0.241 e. The van der Waals surface area contributed by atoms with Gasteiger partial charge in [-0.3, -0.25) is 4.57 Å². The molecule has 0 radical (unpaired) electrons. The molecule has 1 aliphatic carbocycles. The lowest BCUT2D eigenvalue weighted by molar-refractivity contribution is 0.0834. The lowest BCUT2D eigenvalue weighted by atomic mass is 9.90. The SMILES string of the molecule is Nc1nc(NC2CC(O)C2)nc(-n2ccnc2)n1. The summed E-state index contributed by atoms with van der Waals surface area (Å²) in [6, 6.07) is 0.192. The van der Waals surface area contributed by atoms with Crippen molar-refractivity contribution in [2.45, 2.75) is 25.0 Å². The van der Waals surface area contributed by atoms with Crippen LogP contribution in [0.5, 0.6) is 0 Å². The van der Waals surface area contributed by atoms with Gasteiger partial charge in [-0.25, -0.2) is 4.98 Å². The molecule has 2 aromatic rings. The molecule has 8 heteroatoms. The van der Waals surface area contributed by atoms with E-state index >= 15 is 0 Å². The van der Waals surface area contributed by atoms with Crippen LogP contribution in [0.25, 0.3) is 5.95 Å². The van der Waals surface area contributed by atoms with E-state index in [4.69, 9.17) is 5.73 Å². The number of anilines is 2. The standard InChI is InChI=1S/C10H13N7O/c11-8-14-9(13-6-3-7(18)4-6)16-10(15-8)17-2-1-12-5-17/h1-2,5-7,18H,3-4H2,(H3,11,13,14,15,16). The van der Waals surface area contributed by atoms with Crippen LogP contribution in [0.15, 0.2) is 18.7 Å². The molecule has 0 spiro atoms. The first-order valence-electron chi connectivity index (χ1n) is 5.65. The Labute approximate surface area is 103 Å². The van der Waals surface area contributed by atoms with Crippen molar-refractivity contribution in [3.05, 3.63) is 18.7 Å². The normalized spacial score (nSPS) is 22.5. The van der Waals surface area contributed by atoms with Crippen molar-refractivity contribution in [1.82, 2.24) is 24.5 Å². The number of nitrogens with one attached hydrogen (secondary N) is 1. The van der Waals surface area contributed by atoms with E-state index in [1.807, 2.05) is 0 Å². The van der Waals surface area contributed by atoms with Crippen LogP contribution in [0.2, 0.25) is 0 Å². The third kappa shape index (κ3) is 2.09. The molecule has 0 saturated heterocycles. The van der Waals surface area contributed by atoms with Gasteiger partial charge in [-0.2, -0.15) is 15.0 Å². The fourth-order valence-electron chi connectivity index (χ4n) is 1.83. The van der Waals surface area contributed by atoms with Gasteiger partial charge in [0.15, 0.2) is 0 Å². The first kappa shape index (κ1) is 10.9. The summed E-state index contributed by atoms with van der Waals surface area (Å²) in [6.45, 7) is 0. The maximum atomic E-state index is 9.23. The molecule has 4 N–H and O–H groups in total. The lowest BCUT2D eigenvalue weighted by Gasteiger charge is -2.31. The molecule has 2 aromatic heterocycles. The van der Waals surface area contributed by atoms with Crippen molar-refractivity contribution in [1.29, 1.82) is 0 Å². The highest BCUT2D eigenvalue weighted by atomic mass is 16.3. The van der Waals surface area contributed by atoms with Crippen molar-refractivity contribution in [3.63, 3.8) is 0 Å². The monoisotopic (exact) mass is 247 g/mol. The van der Waals surface area contributed by atoms with Crippen molar-refractivity contribution < 1.29 is 5.11 Å². The first-order valence-corrected chi connectivity index (χ1v) is 5.65. The van der Waals surface area contributed by atoms with E-state index in [0.29, 0.717) is 24.7 Å². The molecule has 94 valence electrons. The van der Waals surface area contributed by atoms with E-state index < -0.39 is 0 Å². The maximum absolute atomic E-state index is 9.23. The van der Waals surface area contributed by atoms with Gasteiger partial charge in [0.05, 0.1) is 6.10 Å². The summed E-state index contributed by atoms with van der Waals surface area (Å²) in [5, 5.41) is 12.3. The number of nitrogens with zero attached hydrogens (tertiary/aromatic N) is 5. The largest absolute Gasteiger partial charge is 0.393 e. The van der Waals surface area contributed by atoms with E-state index in [2.05, 4.69) is 25.3 Å². The number of nitrogens with two attached hydrogens (primary N) is 1. The van der Waals surface area contributed by atoms with Gasteiger partial charge >= 0.3 is 0 Å². The van der Waals surface area contributed by atoms with Gasteiger partial charge in [-0.15, -0.1) is 0 Å². The first-order chi connectivity index (χ1) is 8.70. The molecule has 0 atom stereocenters.